The van der Waals surface area contributed by atoms with E-state index < -0.39 is 9.52 Å². The average molecular weight is 410 g/mol. The fourth-order valence-corrected chi connectivity index (χ4v) is 5.22. The number of aromatic nitrogens is 1. The van der Waals surface area contributed by atoms with E-state index in [4.69, 9.17) is 4.98 Å². The van der Waals surface area contributed by atoms with Gasteiger partial charge in [0, 0.05) is 37.4 Å². The summed E-state index contributed by atoms with van der Waals surface area (Å²) < 4.78 is 12.6. The zero-order chi connectivity index (χ0) is 20.7. The Morgan fingerprint density at radius 2 is 1.70 bits per heavy atom. The summed E-state index contributed by atoms with van der Waals surface area (Å²) in [6.07, 6.45) is 2.06. The Bertz CT molecular complexity index is 1430. The lowest BCUT2D eigenvalue weighted by Crippen LogP contribution is -2.07. The van der Waals surface area contributed by atoms with Crippen LogP contribution in [-0.4, -0.2) is 20.8 Å². The number of Topliss-reactive ketones (excluding diaryl/α,β-unsaturated/α-hetero) is 1. The highest BCUT2D eigenvalue weighted by atomic mass is 32.2. The number of hydrogen-bond acceptors (Lipinski definition) is 3. The van der Waals surface area contributed by atoms with Gasteiger partial charge in [-0.1, -0.05) is 60.7 Å². The summed E-state index contributed by atoms with van der Waals surface area (Å²) >= 11 is 0. The Kier molecular flexibility index (Phi) is 4.37. The van der Waals surface area contributed by atoms with Gasteiger partial charge in [0.05, 0.1) is 11.2 Å². The lowest BCUT2D eigenvalue weighted by Gasteiger charge is -2.10. The van der Waals surface area contributed by atoms with Gasteiger partial charge in [0.25, 0.3) is 0 Å². The van der Waals surface area contributed by atoms with Gasteiger partial charge in [-0.25, -0.2) is 4.98 Å². The number of hydrogen-bond donors (Lipinski definition) is 0. The highest BCUT2D eigenvalue weighted by molar-refractivity contribution is 8.03. The number of ketones is 1. The fraction of sp³-hybridized carbons (Fsp3) is 0.0385. The standard InChI is InChI=1S/C26H19NO2S/c1-30(29)14-13-20-12-11-18(16-26(20)30)15-25(28)22-17-24(19-7-3-2-4-8-19)27-23-10-6-5-9-21(22)23/h2-14,16-17H,1,15H2. The molecule has 4 heteroatoms. The molecule has 0 radical (unpaired) electrons. The molecule has 4 aromatic rings. The van der Waals surface area contributed by atoms with E-state index in [1.807, 2.05) is 84.9 Å². The van der Waals surface area contributed by atoms with E-state index in [1.165, 1.54) is 0 Å². The molecule has 3 nitrogen and oxygen atoms in total. The van der Waals surface area contributed by atoms with Crippen molar-refractivity contribution in [2.24, 2.45) is 0 Å². The number of para-hydroxylation sites is 1. The molecule has 146 valence electrons. The number of carbonyl (C=O) groups excluding carboxylic acids is 1. The van der Waals surface area contributed by atoms with Crippen molar-refractivity contribution in [2.45, 2.75) is 11.3 Å². The SMILES string of the molecule is C=S1(=O)C=Cc2ccc(CC(=O)c3cc(-c4ccccc4)nc4ccccc34)cc21. The molecule has 0 N–H and O–H groups in total. The molecule has 1 aliphatic heterocycles. The Labute approximate surface area is 175 Å². The molecule has 1 aromatic heterocycles. The van der Waals surface area contributed by atoms with Gasteiger partial charge in [-0.15, -0.1) is 0 Å². The van der Waals surface area contributed by atoms with Crippen molar-refractivity contribution in [1.29, 1.82) is 0 Å². The third-order valence-corrected chi connectivity index (χ3v) is 7.04. The summed E-state index contributed by atoms with van der Waals surface area (Å²) in [6.45, 7) is 0. The minimum atomic E-state index is -2.41. The third kappa shape index (κ3) is 3.25. The maximum Gasteiger partial charge on any atom is 0.167 e. The monoisotopic (exact) mass is 409 g/mol. The second-order valence-electron chi connectivity index (χ2n) is 7.44. The first-order chi connectivity index (χ1) is 14.5. The van der Waals surface area contributed by atoms with Crippen LogP contribution >= 0.6 is 0 Å². The fourth-order valence-electron chi connectivity index (χ4n) is 3.83. The van der Waals surface area contributed by atoms with Gasteiger partial charge >= 0.3 is 0 Å². The Balaban J connectivity index is 1.57. The molecule has 2 heterocycles. The summed E-state index contributed by atoms with van der Waals surface area (Å²) in [7, 11) is -2.41. The number of rotatable bonds is 4. The highest BCUT2D eigenvalue weighted by Gasteiger charge is 2.18. The van der Waals surface area contributed by atoms with Crippen LogP contribution in [0.2, 0.25) is 0 Å². The second kappa shape index (κ2) is 7.08. The summed E-state index contributed by atoms with van der Waals surface area (Å²) in [5, 5.41) is 2.48. The Hall–Kier alpha value is -3.50. The molecule has 1 aliphatic rings. The zero-order valence-electron chi connectivity index (χ0n) is 16.2. The number of carbonyl (C=O) groups is 1. The lowest BCUT2D eigenvalue weighted by atomic mass is 9.97. The molecule has 0 bridgehead atoms. The normalized spacial score (nSPS) is 17.2. The topological polar surface area (TPSA) is 47.0 Å². The summed E-state index contributed by atoms with van der Waals surface area (Å²) in [5.41, 5.74) is 4.93. The van der Waals surface area contributed by atoms with E-state index in [9.17, 15) is 9.00 Å². The number of pyridine rings is 1. The maximum atomic E-state index is 13.3. The molecule has 5 rings (SSSR count). The Morgan fingerprint density at radius 3 is 2.53 bits per heavy atom. The van der Waals surface area contributed by atoms with Gasteiger partial charge in [0.15, 0.2) is 5.78 Å². The van der Waals surface area contributed by atoms with E-state index in [-0.39, 0.29) is 12.2 Å². The molecule has 3 aromatic carbocycles. The quantitative estimate of drug-likeness (QED) is 0.335. The van der Waals surface area contributed by atoms with Crippen LogP contribution in [0.15, 0.2) is 89.2 Å². The first-order valence-corrected chi connectivity index (χ1v) is 11.5. The number of benzene rings is 3. The lowest BCUT2D eigenvalue weighted by molar-refractivity contribution is 0.0994. The molecule has 0 saturated heterocycles. The highest BCUT2D eigenvalue weighted by Crippen LogP contribution is 2.29. The zero-order valence-corrected chi connectivity index (χ0v) is 17.1. The van der Waals surface area contributed by atoms with Crippen LogP contribution in [0.1, 0.15) is 21.5 Å². The molecule has 0 aliphatic carbocycles. The number of nitrogens with zero attached hydrogens (tertiary/aromatic N) is 1. The first-order valence-electron chi connectivity index (χ1n) is 9.68. The van der Waals surface area contributed by atoms with E-state index in [2.05, 4.69) is 5.87 Å². The van der Waals surface area contributed by atoms with Crippen LogP contribution in [0.5, 0.6) is 0 Å². The summed E-state index contributed by atoms with van der Waals surface area (Å²) in [4.78, 5) is 18.8. The smallest absolute Gasteiger partial charge is 0.167 e. The first kappa shape index (κ1) is 18.5. The molecule has 0 saturated carbocycles. The largest absolute Gasteiger partial charge is 0.294 e. The van der Waals surface area contributed by atoms with Gasteiger partial charge in [-0.05, 0) is 46.7 Å². The molecule has 1 atom stereocenters. The van der Waals surface area contributed by atoms with Crippen LogP contribution in [0.25, 0.3) is 28.2 Å². The molecular weight excluding hydrogens is 390 g/mol. The minimum Gasteiger partial charge on any atom is -0.294 e. The predicted octanol–water partition coefficient (Wildman–Crippen LogP) is 5.39. The molecule has 0 spiro atoms. The van der Waals surface area contributed by atoms with E-state index in [1.54, 1.807) is 5.41 Å². The summed E-state index contributed by atoms with van der Waals surface area (Å²) in [5.74, 6) is 3.83. The minimum absolute atomic E-state index is 0.00671. The van der Waals surface area contributed by atoms with Gasteiger partial charge < -0.3 is 0 Å². The summed E-state index contributed by atoms with van der Waals surface area (Å²) in [6, 6.07) is 25.1. The van der Waals surface area contributed by atoms with Crippen molar-refractivity contribution in [2.75, 3.05) is 0 Å². The van der Waals surface area contributed by atoms with Crippen molar-refractivity contribution in [3.8, 4) is 11.3 Å². The number of fused-ring (bicyclic) bond motifs is 2. The van der Waals surface area contributed by atoms with Gasteiger partial charge in [0.2, 0.25) is 0 Å². The molecular formula is C26H19NO2S. The van der Waals surface area contributed by atoms with Crippen LogP contribution in [0.4, 0.5) is 0 Å². The van der Waals surface area contributed by atoms with Crippen molar-refractivity contribution in [3.05, 3.63) is 101 Å². The van der Waals surface area contributed by atoms with Crippen LogP contribution in [0, 0.1) is 0 Å². The van der Waals surface area contributed by atoms with E-state index in [0.29, 0.717) is 10.5 Å². The van der Waals surface area contributed by atoms with Crippen LogP contribution in [0.3, 0.4) is 0 Å². The van der Waals surface area contributed by atoms with Crippen molar-refractivity contribution in [1.82, 2.24) is 4.98 Å². The Morgan fingerprint density at radius 1 is 0.933 bits per heavy atom. The molecule has 0 fully saturated rings. The third-order valence-electron chi connectivity index (χ3n) is 5.37. The molecule has 0 amide bonds. The van der Waals surface area contributed by atoms with Crippen LogP contribution < -0.4 is 0 Å². The molecule has 30 heavy (non-hydrogen) atoms. The van der Waals surface area contributed by atoms with Gasteiger partial charge in [-0.2, -0.15) is 0 Å². The van der Waals surface area contributed by atoms with E-state index in [0.717, 1.165) is 33.3 Å². The van der Waals surface area contributed by atoms with Crippen molar-refractivity contribution >= 4 is 38.2 Å². The maximum absolute atomic E-state index is 13.3. The van der Waals surface area contributed by atoms with Gasteiger partial charge in [0.1, 0.15) is 0 Å². The van der Waals surface area contributed by atoms with Crippen molar-refractivity contribution in [3.63, 3.8) is 0 Å². The molecule has 1 unspecified atom stereocenters. The van der Waals surface area contributed by atoms with Gasteiger partial charge in [-0.3, -0.25) is 9.00 Å². The van der Waals surface area contributed by atoms with Crippen LogP contribution in [-0.2, 0) is 15.9 Å². The predicted molar refractivity (Wildman–Crippen MR) is 124 cm³/mol. The second-order valence-corrected chi connectivity index (χ2v) is 9.60. The average Bonchev–Trinajstić information content (AvgIpc) is 3.07. The van der Waals surface area contributed by atoms with Crippen molar-refractivity contribution < 1.29 is 9.00 Å². The van der Waals surface area contributed by atoms with E-state index >= 15 is 0 Å².